The summed E-state index contributed by atoms with van der Waals surface area (Å²) in [5.41, 5.74) is -0.343. The Morgan fingerprint density at radius 1 is 1.03 bits per heavy atom. The number of rotatable bonds is 6. The number of hydrogen-bond donors (Lipinski definition) is 1. The quantitative estimate of drug-likeness (QED) is 0.750. The van der Waals surface area contributed by atoms with Crippen LogP contribution < -0.4 is 10.7 Å². The fraction of sp³-hybridized carbons (Fsp3) is 0.708. The molecule has 1 aliphatic heterocycles. The van der Waals surface area contributed by atoms with Gasteiger partial charge in [-0.15, -0.1) is 0 Å². The number of methoxy groups -OCH3 is 1. The molecule has 2 amide bonds. The minimum Gasteiger partial charge on any atom is -0.383 e. The van der Waals surface area contributed by atoms with E-state index in [-0.39, 0.29) is 29.0 Å². The predicted molar refractivity (Wildman–Crippen MR) is 120 cm³/mol. The third-order valence-corrected chi connectivity index (χ3v) is 6.49. The molecule has 0 radical (unpaired) electrons. The largest absolute Gasteiger partial charge is 0.383 e. The van der Waals surface area contributed by atoms with Gasteiger partial charge in [-0.1, -0.05) is 39.0 Å². The number of amides is 2. The van der Waals surface area contributed by atoms with Crippen LogP contribution in [0.15, 0.2) is 17.2 Å². The van der Waals surface area contributed by atoms with Crippen LogP contribution in [0.1, 0.15) is 85.4 Å². The number of ether oxygens (including phenoxy) is 1. The van der Waals surface area contributed by atoms with Crippen molar-refractivity contribution in [3.63, 3.8) is 0 Å². The van der Waals surface area contributed by atoms with Crippen LogP contribution >= 0.6 is 0 Å². The Morgan fingerprint density at radius 2 is 1.71 bits per heavy atom. The van der Waals surface area contributed by atoms with Crippen molar-refractivity contribution >= 4 is 11.8 Å². The fourth-order valence-corrected chi connectivity index (χ4v) is 4.68. The molecular formula is C24H37N3O4. The lowest BCUT2D eigenvalue weighted by Crippen LogP contribution is -2.43. The molecule has 7 nitrogen and oxygen atoms in total. The Bertz CT molecular complexity index is 812. The van der Waals surface area contributed by atoms with Gasteiger partial charge in [0.1, 0.15) is 11.1 Å². The second kappa shape index (κ2) is 11.5. The molecule has 1 aliphatic carbocycles. The number of pyridine rings is 1. The zero-order chi connectivity index (χ0) is 22.2. The summed E-state index contributed by atoms with van der Waals surface area (Å²) in [5, 5.41) is 3.07. The molecule has 7 heteroatoms. The number of likely N-dealkylation sites (tertiary alicyclic amines) is 1. The van der Waals surface area contributed by atoms with Crippen LogP contribution in [-0.4, -0.2) is 54.1 Å². The molecule has 1 N–H and O–H groups in total. The Kier molecular flexibility index (Phi) is 8.69. The fourth-order valence-electron chi connectivity index (χ4n) is 4.68. The normalized spacial score (nSPS) is 20.7. The van der Waals surface area contributed by atoms with Crippen molar-refractivity contribution in [1.82, 2.24) is 14.8 Å². The molecular weight excluding hydrogens is 394 g/mol. The van der Waals surface area contributed by atoms with E-state index in [0.717, 1.165) is 38.5 Å². The van der Waals surface area contributed by atoms with E-state index in [1.807, 2.05) is 0 Å². The highest BCUT2D eigenvalue weighted by molar-refractivity contribution is 5.99. The summed E-state index contributed by atoms with van der Waals surface area (Å²) in [6, 6.07) is 0.0851. The Morgan fingerprint density at radius 3 is 2.39 bits per heavy atom. The summed E-state index contributed by atoms with van der Waals surface area (Å²) in [6.45, 7) is 4.32. The number of carbonyl (C=O) groups is 2. The summed E-state index contributed by atoms with van der Waals surface area (Å²) in [7, 11) is 1.60. The summed E-state index contributed by atoms with van der Waals surface area (Å²) >= 11 is 0. The summed E-state index contributed by atoms with van der Waals surface area (Å²) in [6.07, 6.45) is 12.9. The standard InChI is InChI=1S/C24H37N3O4/c1-18-9-8-12-27(15-18)24(30)21-17-26(13-14-31-2)16-20(22(21)28)23(29)25-19-10-6-4-3-5-7-11-19/h16-19H,3-15H2,1-2H3,(H,25,29)/t18-/m1/s1. The first-order chi connectivity index (χ1) is 15.0. The zero-order valence-corrected chi connectivity index (χ0v) is 19.0. The summed E-state index contributed by atoms with van der Waals surface area (Å²) in [5.74, 6) is -0.231. The van der Waals surface area contributed by atoms with Gasteiger partial charge in [-0.2, -0.15) is 0 Å². The van der Waals surface area contributed by atoms with Crippen molar-refractivity contribution in [3.05, 3.63) is 33.7 Å². The lowest BCUT2D eigenvalue weighted by molar-refractivity contribution is 0.0680. The Labute approximate surface area is 185 Å². The molecule has 0 spiro atoms. The van der Waals surface area contributed by atoms with Gasteiger partial charge in [-0.05, 0) is 31.6 Å². The van der Waals surface area contributed by atoms with Gasteiger partial charge in [0, 0.05) is 45.2 Å². The van der Waals surface area contributed by atoms with Crippen LogP contribution in [-0.2, 0) is 11.3 Å². The van der Waals surface area contributed by atoms with Gasteiger partial charge in [-0.3, -0.25) is 14.4 Å². The predicted octanol–water partition coefficient (Wildman–Crippen LogP) is 3.21. The van der Waals surface area contributed by atoms with E-state index < -0.39 is 5.43 Å². The molecule has 0 bridgehead atoms. The summed E-state index contributed by atoms with van der Waals surface area (Å²) in [4.78, 5) is 41.2. The number of nitrogens with zero attached hydrogens (tertiary/aromatic N) is 2. The Hall–Kier alpha value is -2.15. The molecule has 2 heterocycles. The topological polar surface area (TPSA) is 80.6 Å². The van der Waals surface area contributed by atoms with E-state index >= 15 is 0 Å². The maximum absolute atomic E-state index is 13.2. The van der Waals surface area contributed by atoms with E-state index in [1.165, 1.54) is 19.3 Å². The van der Waals surface area contributed by atoms with Crippen LogP contribution in [0.3, 0.4) is 0 Å². The minimum atomic E-state index is -0.472. The molecule has 172 valence electrons. The number of nitrogens with one attached hydrogen (secondary N) is 1. The number of aromatic nitrogens is 1. The van der Waals surface area contributed by atoms with Crippen molar-refractivity contribution < 1.29 is 14.3 Å². The van der Waals surface area contributed by atoms with Crippen molar-refractivity contribution in [2.24, 2.45) is 5.92 Å². The zero-order valence-electron chi connectivity index (χ0n) is 19.0. The SMILES string of the molecule is COCCn1cc(C(=O)NC2CCCCCCC2)c(=O)c(C(=O)N2CCC[C@@H](C)C2)c1. The Balaban J connectivity index is 1.85. The average Bonchev–Trinajstić information content (AvgIpc) is 2.74. The third kappa shape index (κ3) is 6.42. The van der Waals surface area contributed by atoms with E-state index in [2.05, 4.69) is 12.2 Å². The molecule has 0 unspecified atom stereocenters. The molecule has 31 heavy (non-hydrogen) atoms. The maximum atomic E-state index is 13.2. The van der Waals surface area contributed by atoms with E-state index in [4.69, 9.17) is 4.74 Å². The van der Waals surface area contributed by atoms with E-state index in [1.54, 1.807) is 29.0 Å². The highest BCUT2D eigenvalue weighted by Crippen LogP contribution is 2.19. The van der Waals surface area contributed by atoms with Crippen molar-refractivity contribution in [3.8, 4) is 0 Å². The van der Waals surface area contributed by atoms with Gasteiger partial charge in [0.15, 0.2) is 0 Å². The van der Waals surface area contributed by atoms with Gasteiger partial charge < -0.3 is 19.5 Å². The first-order valence-corrected chi connectivity index (χ1v) is 11.8. The van der Waals surface area contributed by atoms with Gasteiger partial charge in [0.25, 0.3) is 11.8 Å². The molecule has 1 saturated carbocycles. The van der Waals surface area contributed by atoms with Crippen LogP contribution in [0.5, 0.6) is 0 Å². The first kappa shape index (κ1) is 23.5. The summed E-state index contributed by atoms with van der Waals surface area (Å²) < 4.78 is 6.89. The second-order valence-electron chi connectivity index (χ2n) is 9.16. The molecule has 1 atom stereocenters. The monoisotopic (exact) mass is 431 g/mol. The smallest absolute Gasteiger partial charge is 0.259 e. The molecule has 1 aromatic rings. The second-order valence-corrected chi connectivity index (χ2v) is 9.16. The highest BCUT2D eigenvalue weighted by Gasteiger charge is 2.27. The average molecular weight is 432 g/mol. The molecule has 0 aromatic carbocycles. The van der Waals surface area contributed by atoms with Crippen LogP contribution in [0.25, 0.3) is 0 Å². The van der Waals surface area contributed by atoms with Gasteiger partial charge >= 0.3 is 0 Å². The first-order valence-electron chi connectivity index (χ1n) is 11.8. The molecule has 2 aliphatic rings. The van der Waals surface area contributed by atoms with Crippen molar-refractivity contribution in [1.29, 1.82) is 0 Å². The lowest BCUT2D eigenvalue weighted by Gasteiger charge is -2.31. The maximum Gasteiger partial charge on any atom is 0.259 e. The van der Waals surface area contributed by atoms with Gasteiger partial charge in [0.05, 0.1) is 6.61 Å². The van der Waals surface area contributed by atoms with Gasteiger partial charge in [-0.25, -0.2) is 0 Å². The molecule has 3 rings (SSSR count). The van der Waals surface area contributed by atoms with E-state index in [9.17, 15) is 14.4 Å². The van der Waals surface area contributed by atoms with Crippen molar-refractivity contribution in [2.75, 3.05) is 26.8 Å². The number of hydrogen-bond acceptors (Lipinski definition) is 4. The minimum absolute atomic E-state index is 0.0501. The molecule has 1 aromatic heterocycles. The molecule has 2 fully saturated rings. The van der Waals surface area contributed by atoms with E-state index in [0.29, 0.717) is 32.2 Å². The van der Waals surface area contributed by atoms with Crippen molar-refractivity contribution in [2.45, 2.75) is 77.3 Å². The number of carbonyl (C=O) groups excluding carboxylic acids is 2. The number of piperidine rings is 1. The van der Waals surface area contributed by atoms with Crippen LogP contribution in [0, 0.1) is 5.92 Å². The highest BCUT2D eigenvalue weighted by atomic mass is 16.5. The van der Waals surface area contributed by atoms with Gasteiger partial charge in [0.2, 0.25) is 5.43 Å². The van der Waals surface area contributed by atoms with Crippen LogP contribution in [0.4, 0.5) is 0 Å². The third-order valence-electron chi connectivity index (χ3n) is 6.49. The van der Waals surface area contributed by atoms with Crippen LogP contribution in [0.2, 0.25) is 0 Å². The lowest BCUT2D eigenvalue weighted by atomic mass is 9.96. The molecule has 1 saturated heterocycles.